The molecule has 0 bridgehead atoms. The third-order valence-electron chi connectivity index (χ3n) is 7.64. The number of carbonyl (C=O) groups excluding carboxylic acids is 2. The molecule has 0 aliphatic heterocycles. The molecule has 45 heavy (non-hydrogen) atoms. The van der Waals surface area contributed by atoms with Crippen LogP contribution >= 0.6 is 0 Å². The normalized spacial score (nSPS) is 11.0. The van der Waals surface area contributed by atoms with Crippen molar-refractivity contribution in [3.05, 3.63) is 142 Å². The van der Waals surface area contributed by atoms with E-state index in [1.54, 1.807) is 22.8 Å². The minimum Gasteiger partial charge on any atom is -0.462 e. The van der Waals surface area contributed by atoms with Crippen LogP contribution in [0.25, 0.3) is 45.0 Å². The third-order valence-corrected chi connectivity index (χ3v) is 7.64. The quantitative estimate of drug-likeness (QED) is 0.168. The number of esters is 2. The molecule has 0 aliphatic rings. The molecule has 2 aromatic heterocycles. The van der Waals surface area contributed by atoms with E-state index in [9.17, 15) is 9.59 Å². The van der Waals surface area contributed by atoms with Crippen LogP contribution in [0.5, 0.6) is 0 Å². The average molecular weight is 597 g/mol. The lowest BCUT2D eigenvalue weighted by molar-refractivity contribution is 0.0482. The number of benzene rings is 4. The predicted molar refractivity (Wildman–Crippen MR) is 176 cm³/mol. The smallest absolute Gasteiger partial charge is 0.341 e. The Morgan fingerprint density at radius 2 is 1.04 bits per heavy atom. The van der Waals surface area contributed by atoms with Crippen LogP contribution in [0.4, 0.5) is 0 Å². The van der Waals surface area contributed by atoms with Crippen LogP contribution in [0, 0.1) is 6.92 Å². The lowest BCUT2D eigenvalue weighted by Gasteiger charge is -2.22. The molecule has 0 saturated carbocycles. The second-order valence-corrected chi connectivity index (χ2v) is 10.5. The molecule has 0 N–H and O–H groups in total. The van der Waals surface area contributed by atoms with Gasteiger partial charge in [0.2, 0.25) is 0 Å². The van der Waals surface area contributed by atoms with E-state index in [2.05, 4.69) is 0 Å². The van der Waals surface area contributed by atoms with Gasteiger partial charge < -0.3 is 13.9 Å². The molecule has 0 aliphatic carbocycles. The zero-order valence-corrected chi connectivity index (χ0v) is 25.3. The number of fused-ring (bicyclic) bond motifs is 1. The van der Waals surface area contributed by atoms with Gasteiger partial charge >= 0.3 is 11.9 Å². The maximum absolute atomic E-state index is 15.0. The number of para-hydroxylation sites is 1. The highest BCUT2D eigenvalue weighted by Gasteiger charge is 2.36. The molecule has 6 rings (SSSR count). The summed E-state index contributed by atoms with van der Waals surface area (Å²) in [7, 11) is 0. The summed E-state index contributed by atoms with van der Waals surface area (Å²) in [6.07, 6.45) is 0. The molecule has 0 fully saturated rings. The zero-order valence-electron chi connectivity index (χ0n) is 25.3. The van der Waals surface area contributed by atoms with Crippen LogP contribution in [0.1, 0.15) is 40.1 Å². The maximum Gasteiger partial charge on any atom is 0.341 e. The van der Waals surface area contributed by atoms with Gasteiger partial charge in [-0.1, -0.05) is 109 Å². The van der Waals surface area contributed by atoms with Crippen molar-refractivity contribution in [2.45, 2.75) is 20.8 Å². The number of ether oxygens (including phenoxy) is 2. The third kappa shape index (κ3) is 5.23. The zero-order chi connectivity index (χ0) is 31.5. The molecule has 7 nitrogen and oxygen atoms in total. The van der Waals surface area contributed by atoms with Crippen LogP contribution in [0.2, 0.25) is 0 Å². The van der Waals surface area contributed by atoms with Crippen molar-refractivity contribution in [2.75, 3.05) is 13.2 Å². The van der Waals surface area contributed by atoms with Crippen molar-refractivity contribution in [2.24, 2.45) is 0 Å². The fraction of sp³-hybridized carbons (Fsp3) is 0.132. The Kier molecular flexibility index (Phi) is 8.16. The summed E-state index contributed by atoms with van der Waals surface area (Å²) < 4.78 is 14.5. The van der Waals surface area contributed by atoms with Crippen LogP contribution < -0.4 is 5.56 Å². The molecule has 7 heteroatoms. The van der Waals surface area contributed by atoms with Gasteiger partial charge in [0, 0.05) is 16.8 Å². The van der Waals surface area contributed by atoms with E-state index in [0.29, 0.717) is 28.3 Å². The lowest BCUT2D eigenvalue weighted by atomic mass is 10.0. The fourth-order valence-electron chi connectivity index (χ4n) is 5.75. The molecule has 224 valence electrons. The topological polar surface area (TPSA) is 79.0 Å². The number of aryl methyl sites for hydroxylation is 1. The first-order valence-corrected chi connectivity index (χ1v) is 14.9. The fourth-order valence-corrected chi connectivity index (χ4v) is 5.75. The molecule has 2 heterocycles. The molecular formula is C38H32N2O5. The van der Waals surface area contributed by atoms with Crippen molar-refractivity contribution in [1.82, 2.24) is 8.97 Å². The van der Waals surface area contributed by atoms with E-state index < -0.39 is 17.5 Å². The second-order valence-electron chi connectivity index (χ2n) is 10.5. The van der Waals surface area contributed by atoms with Crippen molar-refractivity contribution in [3.8, 4) is 39.5 Å². The number of aromatic nitrogens is 2. The van der Waals surface area contributed by atoms with Gasteiger partial charge in [-0.05, 0) is 38.5 Å². The second kappa shape index (κ2) is 12.5. The molecule has 4 aromatic carbocycles. The van der Waals surface area contributed by atoms with E-state index >= 15 is 4.79 Å². The van der Waals surface area contributed by atoms with Crippen LogP contribution in [0.15, 0.2) is 120 Å². The first-order chi connectivity index (χ1) is 22.0. The molecule has 0 unspecified atom stereocenters. The summed E-state index contributed by atoms with van der Waals surface area (Å²) in [6.45, 7) is 5.49. The van der Waals surface area contributed by atoms with Gasteiger partial charge in [0.15, 0.2) is 0 Å². The number of hydrogen-bond acceptors (Lipinski definition) is 5. The van der Waals surface area contributed by atoms with Gasteiger partial charge in [-0.2, -0.15) is 0 Å². The summed E-state index contributed by atoms with van der Waals surface area (Å²) in [5.41, 5.74) is 4.81. The van der Waals surface area contributed by atoms with Gasteiger partial charge in [-0.15, -0.1) is 0 Å². The van der Waals surface area contributed by atoms with Gasteiger partial charge in [-0.3, -0.25) is 9.36 Å². The molecule has 0 radical (unpaired) electrons. The molecule has 6 aromatic rings. The maximum atomic E-state index is 15.0. The lowest BCUT2D eigenvalue weighted by Crippen LogP contribution is -2.25. The summed E-state index contributed by atoms with van der Waals surface area (Å²) in [5.74, 6) is -1.50. The standard InChI is InChI=1S/C38H32N2O5/c1-4-44-37(42)30-31(38(43)45-5-2)35-36(41)39(29-19-13-8-14-20-29)33(26-15-9-6-10-16-26)34(27-17-11-7-12-18-27)40(35)32(30)28-23-21-25(3)22-24-28/h6-24H,4-5H2,1-3H3. The minimum atomic E-state index is -0.778. The van der Waals surface area contributed by atoms with Crippen molar-refractivity contribution >= 4 is 17.5 Å². The number of carbonyl (C=O) groups is 2. The van der Waals surface area contributed by atoms with E-state index in [-0.39, 0.29) is 29.9 Å². The van der Waals surface area contributed by atoms with Gasteiger partial charge in [0.05, 0.1) is 30.3 Å². The number of rotatable bonds is 8. The molecule has 0 saturated heterocycles. The molecule has 0 amide bonds. The molecule has 0 atom stereocenters. The van der Waals surface area contributed by atoms with Crippen LogP contribution in [0.3, 0.4) is 0 Å². The Morgan fingerprint density at radius 3 is 1.58 bits per heavy atom. The summed E-state index contributed by atoms with van der Waals surface area (Å²) in [6, 6.07) is 36.2. The number of hydrogen-bond donors (Lipinski definition) is 0. The van der Waals surface area contributed by atoms with E-state index in [1.807, 2.05) is 122 Å². The highest BCUT2D eigenvalue weighted by atomic mass is 16.5. The Bertz CT molecular complexity index is 2060. The average Bonchev–Trinajstić information content (AvgIpc) is 3.43. The largest absolute Gasteiger partial charge is 0.462 e. The minimum absolute atomic E-state index is 0.0155. The highest BCUT2D eigenvalue weighted by molar-refractivity contribution is 6.13. The predicted octanol–water partition coefficient (Wildman–Crippen LogP) is 7.75. The van der Waals surface area contributed by atoms with Crippen LogP contribution in [-0.2, 0) is 9.47 Å². The Labute approximate surface area is 260 Å². The summed E-state index contributed by atoms with van der Waals surface area (Å²) in [5, 5.41) is 0. The van der Waals surface area contributed by atoms with Crippen molar-refractivity contribution in [3.63, 3.8) is 0 Å². The van der Waals surface area contributed by atoms with Gasteiger partial charge in [0.1, 0.15) is 16.6 Å². The first-order valence-electron chi connectivity index (χ1n) is 14.9. The first kappa shape index (κ1) is 29.4. The highest BCUT2D eigenvalue weighted by Crippen LogP contribution is 2.41. The molecule has 0 spiro atoms. The number of nitrogens with zero attached hydrogens (tertiary/aromatic N) is 2. The Hall–Kier alpha value is -5.69. The van der Waals surface area contributed by atoms with E-state index in [4.69, 9.17) is 9.47 Å². The molecular weight excluding hydrogens is 564 g/mol. The van der Waals surface area contributed by atoms with E-state index in [1.165, 1.54) is 0 Å². The summed E-state index contributed by atoms with van der Waals surface area (Å²) in [4.78, 5) is 42.9. The van der Waals surface area contributed by atoms with Crippen molar-refractivity contribution in [1.29, 1.82) is 0 Å². The van der Waals surface area contributed by atoms with Gasteiger partial charge in [0.25, 0.3) is 5.56 Å². The Morgan fingerprint density at radius 1 is 0.578 bits per heavy atom. The van der Waals surface area contributed by atoms with Gasteiger partial charge in [-0.25, -0.2) is 9.59 Å². The summed E-state index contributed by atoms with van der Waals surface area (Å²) >= 11 is 0. The van der Waals surface area contributed by atoms with E-state index in [0.717, 1.165) is 16.7 Å². The van der Waals surface area contributed by atoms with Crippen molar-refractivity contribution < 1.29 is 19.1 Å². The monoisotopic (exact) mass is 596 g/mol. The van der Waals surface area contributed by atoms with Crippen LogP contribution in [-0.4, -0.2) is 34.1 Å². The Balaban J connectivity index is 1.97. The SMILES string of the molecule is CCOC(=O)c1c(C(=O)OCC)c2c(=O)n(-c3ccccc3)c(-c3ccccc3)c(-c3ccccc3)n2c1-c1ccc(C)cc1.